The van der Waals surface area contributed by atoms with Crippen LogP contribution in [0.2, 0.25) is 0 Å². The summed E-state index contributed by atoms with van der Waals surface area (Å²) in [5, 5.41) is 0. The third-order valence-electron chi connectivity index (χ3n) is 10.4. The molecule has 2 heterocycles. The van der Waals surface area contributed by atoms with E-state index in [1.54, 1.807) is 0 Å². The van der Waals surface area contributed by atoms with Gasteiger partial charge in [-0.15, -0.1) is 0 Å². The molecule has 27 heavy (non-hydrogen) atoms. The van der Waals surface area contributed by atoms with Gasteiger partial charge in [0.15, 0.2) is 5.79 Å². The van der Waals surface area contributed by atoms with Crippen LogP contribution >= 0.6 is 0 Å². The van der Waals surface area contributed by atoms with Crippen LogP contribution in [0.1, 0.15) is 79.1 Å². The van der Waals surface area contributed by atoms with Gasteiger partial charge in [0.1, 0.15) is 0 Å². The van der Waals surface area contributed by atoms with Crippen molar-refractivity contribution in [3.05, 3.63) is 0 Å². The second kappa shape index (κ2) is 5.32. The first-order valence-corrected chi connectivity index (χ1v) is 11.7. The summed E-state index contributed by atoms with van der Waals surface area (Å²) in [5.41, 5.74) is 0.889. The van der Waals surface area contributed by atoms with E-state index in [1.807, 2.05) is 0 Å². The average Bonchev–Trinajstić information content (AvgIpc) is 3.35. The standard InChI is InChI=1S/C24H38O3/c1-21(2)13-25-24(26-14-21)12-8-17-15-5-6-18-20-19(27-20)9-10-22(18,3)16(15)7-11-23(17,24)4/h15-20H,5-14H2,1-4H3. The van der Waals surface area contributed by atoms with E-state index in [-0.39, 0.29) is 16.6 Å². The topological polar surface area (TPSA) is 31.0 Å². The summed E-state index contributed by atoms with van der Waals surface area (Å²) in [5.74, 6) is 3.09. The second-order valence-electron chi connectivity index (χ2n) is 12.2. The van der Waals surface area contributed by atoms with Gasteiger partial charge in [-0.2, -0.15) is 0 Å². The van der Waals surface area contributed by atoms with Gasteiger partial charge in [-0.1, -0.05) is 27.7 Å². The van der Waals surface area contributed by atoms with Crippen molar-refractivity contribution in [1.29, 1.82) is 0 Å². The van der Waals surface area contributed by atoms with Crippen LogP contribution in [0.15, 0.2) is 0 Å². The third kappa shape index (κ3) is 2.20. The predicted molar refractivity (Wildman–Crippen MR) is 104 cm³/mol. The molecule has 0 aromatic carbocycles. The maximum absolute atomic E-state index is 6.61. The largest absolute Gasteiger partial charge is 0.369 e. The summed E-state index contributed by atoms with van der Waals surface area (Å²) < 4.78 is 19.3. The Morgan fingerprint density at radius 3 is 2.22 bits per heavy atom. The normalized spacial score (nSPS) is 57.3. The maximum atomic E-state index is 6.61. The van der Waals surface area contributed by atoms with Crippen molar-refractivity contribution in [3.8, 4) is 0 Å². The quantitative estimate of drug-likeness (QED) is 0.548. The molecular formula is C24H38O3. The molecule has 152 valence electrons. The van der Waals surface area contributed by atoms with E-state index in [0.717, 1.165) is 43.3 Å². The highest BCUT2D eigenvalue weighted by atomic mass is 16.7. The predicted octanol–water partition coefficient (Wildman–Crippen LogP) is 5.18. The molecule has 6 aliphatic rings. The highest BCUT2D eigenvalue weighted by Crippen LogP contribution is 2.70. The molecule has 2 aliphatic heterocycles. The van der Waals surface area contributed by atoms with E-state index in [0.29, 0.717) is 17.6 Å². The average molecular weight is 375 g/mol. The van der Waals surface area contributed by atoms with Gasteiger partial charge < -0.3 is 14.2 Å². The Morgan fingerprint density at radius 1 is 0.704 bits per heavy atom. The fourth-order valence-electron chi connectivity index (χ4n) is 8.73. The molecule has 8 atom stereocenters. The fraction of sp³-hybridized carbons (Fsp3) is 1.00. The monoisotopic (exact) mass is 374 g/mol. The molecule has 8 unspecified atom stereocenters. The summed E-state index contributed by atoms with van der Waals surface area (Å²) in [6.45, 7) is 11.4. The van der Waals surface area contributed by atoms with E-state index in [2.05, 4.69) is 27.7 Å². The highest BCUT2D eigenvalue weighted by molar-refractivity contribution is 5.15. The molecule has 0 amide bonds. The fourth-order valence-corrected chi connectivity index (χ4v) is 8.73. The van der Waals surface area contributed by atoms with Crippen molar-refractivity contribution in [2.75, 3.05) is 13.2 Å². The maximum Gasteiger partial charge on any atom is 0.173 e. The molecule has 0 aromatic heterocycles. The lowest BCUT2D eigenvalue weighted by atomic mass is 9.45. The molecular weight excluding hydrogens is 336 g/mol. The number of ether oxygens (including phenoxy) is 3. The van der Waals surface area contributed by atoms with Crippen molar-refractivity contribution >= 4 is 0 Å². The smallest absolute Gasteiger partial charge is 0.173 e. The highest BCUT2D eigenvalue weighted by Gasteiger charge is 2.69. The molecule has 4 aliphatic carbocycles. The van der Waals surface area contributed by atoms with Crippen LogP contribution in [0.3, 0.4) is 0 Å². The third-order valence-corrected chi connectivity index (χ3v) is 10.4. The van der Waals surface area contributed by atoms with Crippen molar-refractivity contribution in [2.45, 2.75) is 97.1 Å². The van der Waals surface area contributed by atoms with Crippen molar-refractivity contribution in [2.24, 2.45) is 39.9 Å². The summed E-state index contributed by atoms with van der Waals surface area (Å²) in [6.07, 6.45) is 11.8. The Hall–Kier alpha value is -0.120. The van der Waals surface area contributed by atoms with Crippen molar-refractivity contribution in [3.63, 3.8) is 0 Å². The minimum Gasteiger partial charge on any atom is -0.369 e. The SMILES string of the molecule is CC1(C)COC2(CCC3C4CCC5C6OC6CCC5(C)C4CCC32C)OC1. The first-order valence-electron chi connectivity index (χ1n) is 11.7. The molecule has 3 heteroatoms. The van der Waals surface area contributed by atoms with E-state index < -0.39 is 0 Å². The number of hydrogen-bond donors (Lipinski definition) is 0. The minimum absolute atomic E-state index is 0.158. The van der Waals surface area contributed by atoms with Crippen LogP contribution in [0.5, 0.6) is 0 Å². The molecule has 4 saturated carbocycles. The van der Waals surface area contributed by atoms with E-state index in [9.17, 15) is 0 Å². The number of epoxide rings is 1. The lowest BCUT2D eigenvalue weighted by molar-refractivity contribution is -0.348. The Kier molecular flexibility index (Phi) is 3.49. The van der Waals surface area contributed by atoms with Crippen molar-refractivity contribution in [1.82, 2.24) is 0 Å². The summed E-state index contributed by atoms with van der Waals surface area (Å²) in [4.78, 5) is 0. The minimum atomic E-state index is -0.298. The molecule has 0 N–H and O–H groups in total. The van der Waals surface area contributed by atoms with Crippen LogP contribution in [-0.2, 0) is 14.2 Å². The van der Waals surface area contributed by atoms with Gasteiger partial charge in [-0.25, -0.2) is 0 Å². The van der Waals surface area contributed by atoms with Crippen LogP contribution < -0.4 is 0 Å². The first kappa shape index (κ1) is 17.7. The Balaban J connectivity index is 1.29. The Morgan fingerprint density at radius 2 is 1.44 bits per heavy atom. The summed E-state index contributed by atoms with van der Waals surface area (Å²) >= 11 is 0. The zero-order chi connectivity index (χ0) is 18.7. The molecule has 2 saturated heterocycles. The Labute approximate surface area is 164 Å². The van der Waals surface area contributed by atoms with Crippen LogP contribution in [-0.4, -0.2) is 31.2 Å². The van der Waals surface area contributed by atoms with Crippen LogP contribution in [0, 0.1) is 39.9 Å². The summed E-state index contributed by atoms with van der Waals surface area (Å²) in [7, 11) is 0. The second-order valence-corrected chi connectivity index (χ2v) is 12.2. The lowest BCUT2D eigenvalue weighted by Gasteiger charge is -2.61. The Bertz CT molecular complexity index is 634. The molecule has 1 spiro atoms. The van der Waals surface area contributed by atoms with Gasteiger partial charge in [0.2, 0.25) is 0 Å². The van der Waals surface area contributed by atoms with E-state index in [1.165, 1.54) is 44.9 Å². The lowest BCUT2D eigenvalue weighted by Crippen LogP contribution is -2.60. The van der Waals surface area contributed by atoms with Crippen LogP contribution in [0.4, 0.5) is 0 Å². The van der Waals surface area contributed by atoms with Crippen LogP contribution in [0.25, 0.3) is 0 Å². The summed E-state index contributed by atoms with van der Waals surface area (Å²) in [6, 6.07) is 0. The number of fused-ring (bicyclic) bond motifs is 8. The molecule has 6 fully saturated rings. The molecule has 0 radical (unpaired) electrons. The molecule has 0 bridgehead atoms. The van der Waals surface area contributed by atoms with Gasteiger partial charge in [0.05, 0.1) is 25.4 Å². The van der Waals surface area contributed by atoms with E-state index in [4.69, 9.17) is 14.2 Å². The molecule has 6 rings (SSSR count). The van der Waals surface area contributed by atoms with Crippen molar-refractivity contribution < 1.29 is 14.2 Å². The van der Waals surface area contributed by atoms with Gasteiger partial charge >= 0.3 is 0 Å². The van der Waals surface area contributed by atoms with Gasteiger partial charge in [-0.05, 0) is 74.0 Å². The molecule has 0 aromatic rings. The first-order chi connectivity index (χ1) is 12.8. The zero-order valence-corrected chi connectivity index (χ0v) is 17.8. The van der Waals surface area contributed by atoms with Gasteiger partial charge in [0.25, 0.3) is 0 Å². The number of hydrogen-bond acceptors (Lipinski definition) is 3. The molecule has 3 nitrogen and oxygen atoms in total. The van der Waals surface area contributed by atoms with Gasteiger partial charge in [-0.3, -0.25) is 0 Å². The zero-order valence-electron chi connectivity index (χ0n) is 17.8. The van der Waals surface area contributed by atoms with Gasteiger partial charge in [0, 0.05) is 17.3 Å². The van der Waals surface area contributed by atoms with E-state index >= 15 is 0 Å². The number of rotatable bonds is 0.